The van der Waals surface area contributed by atoms with Crippen molar-refractivity contribution in [3.8, 4) is 0 Å². The van der Waals surface area contributed by atoms with E-state index in [1.807, 2.05) is 6.92 Å². The van der Waals surface area contributed by atoms with E-state index in [1.54, 1.807) is 0 Å². The van der Waals surface area contributed by atoms with Crippen molar-refractivity contribution in [2.24, 2.45) is 11.3 Å². The molecule has 2 heteroatoms. The van der Waals surface area contributed by atoms with E-state index >= 15 is 0 Å². The average molecular weight is 305 g/mol. The molecule has 2 atom stereocenters. The predicted octanol–water partition coefficient (Wildman–Crippen LogP) is 5.17. The van der Waals surface area contributed by atoms with E-state index in [0.29, 0.717) is 12.0 Å². The van der Waals surface area contributed by atoms with Gasteiger partial charge in [-0.15, -0.1) is 5.73 Å². The molecule has 0 bridgehead atoms. The zero-order chi connectivity index (χ0) is 17.3. The minimum Gasteiger partial charge on any atom is -0.389 e. The Morgan fingerprint density at radius 1 is 1.14 bits per heavy atom. The number of hydrogen-bond acceptors (Lipinski definition) is 2. The molecule has 0 spiro atoms. The van der Waals surface area contributed by atoms with Gasteiger partial charge < -0.3 is 10.6 Å². The number of hydrogen-bond donors (Lipinski definition) is 2. The van der Waals surface area contributed by atoms with Gasteiger partial charge >= 0.3 is 0 Å². The Morgan fingerprint density at radius 3 is 2.18 bits per heavy atom. The molecule has 0 fully saturated rings. The van der Waals surface area contributed by atoms with E-state index in [2.05, 4.69) is 70.7 Å². The van der Waals surface area contributed by atoms with Crippen LogP contribution in [0.3, 0.4) is 0 Å². The number of rotatable bonds is 10. The normalized spacial score (nSPS) is 13.7. The third kappa shape index (κ3) is 8.14. The summed E-state index contributed by atoms with van der Waals surface area (Å²) in [6.45, 7) is 25.9. The molecule has 0 rings (SSSR count). The van der Waals surface area contributed by atoms with Crippen LogP contribution in [0.2, 0.25) is 0 Å². The van der Waals surface area contributed by atoms with Crippen LogP contribution in [0.15, 0.2) is 42.4 Å². The molecule has 0 saturated heterocycles. The summed E-state index contributed by atoms with van der Waals surface area (Å²) < 4.78 is 0. The standard InChI is InChI=1S/C20H36N2/c1-10-16(4)19(22-15(2)3)13-11-12-14-21-18(6)17(5)20(7,8)9/h17,19,21-22H,1-2,6,11-14H2,3-5,7-9H3. The minimum absolute atomic E-state index is 0.256. The van der Waals surface area contributed by atoms with Gasteiger partial charge in [0, 0.05) is 23.9 Å². The van der Waals surface area contributed by atoms with Gasteiger partial charge in [0.1, 0.15) is 0 Å². The zero-order valence-electron chi connectivity index (χ0n) is 15.6. The SMILES string of the molecule is C=C=C(C)C(CCCCNC(=C)C(C)C(C)(C)C)NC(=C)C. The highest BCUT2D eigenvalue weighted by Gasteiger charge is 2.22. The second kappa shape index (κ2) is 9.58. The first-order valence-electron chi connectivity index (χ1n) is 8.30. The van der Waals surface area contributed by atoms with Crippen LogP contribution in [0, 0.1) is 11.3 Å². The van der Waals surface area contributed by atoms with Crippen molar-refractivity contribution in [2.75, 3.05) is 6.54 Å². The van der Waals surface area contributed by atoms with Gasteiger partial charge in [0.25, 0.3) is 0 Å². The Hall–Kier alpha value is -1.40. The van der Waals surface area contributed by atoms with Gasteiger partial charge in [-0.2, -0.15) is 0 Å². The third-order valence-corrected chi connectivity index (χ3v) is 4.32. The Kier molecular flexibility index (Phi) is 8.97. The predicted molar refractivity (Wildman–Crippen MR) is 99.7 cm³/mol. The summed E-state index contributed by atoms with van der Waals surface area (Å²) in [6, 6.07) is 0.298. The monoisotopic (exact) mass is 304 g/mol. The Morgan fingerprint density at radius 2 is 1.73 bits per heavy atom. The fourth-order valence-corrected chi connectivity index (χ4v) is 2.22. The van der Waals surface area contributed by atoms with Crippen LogP contribution in [0.5, 0.6) is 0 Å². The second-order valence-corrected chi connectivity index (χ2v) is 7.37. The first-order chi connectivity index (χ1) is 10.1. The molecule has 0 aliphatic rings. The largest absolute Gasteiger partial charge is 0.389 e. The molecular formula is C20H36N2. The van der Waals surface area contributed by atoms with Crippen molar-refractivity contribution in [3.05, 3.63) is 42.4 Å². The lowest BCUT2D eigenvalue weighted by Crippen LogP contribution is -2.29. The molecule has 0 aliphatic heterocycles. The van der Waals surface area contributed by atoms with E-state index in [9.17, 15) is 0 Å². The van der Waals surface area contributed by atoms with Gasteiger partial charge in [-0.25, -0.2) is 0 Å². The maximum absolute atomic E-state index is 4.18. The topological polar surface area (TPSA) is 24.1 Å². The summed E-state index contributed by atoms with van der Waals surface area (Å²) in [4.78, 5) is 0. The molecule has 2 unspecified atom stereocenters. The Balaban J connectivity index is 4.13. The van der Waals surface area contributed by atoms with Crippen LogP contribution < -0.4 is 10.6 Å². The molecule has 126 valence electrons. The van der Waals surface area contributed by atoms with Crippen LogP contribution in [-0.2, 0) is 0 Å². The summed E-state index contributed by atoms with van der Waals surface area (Å²) in [7, 11) is 0. The summed E-state index contributed by atoms with van der Waals surface area (Å²) in [5.41, 5.74) is 6.54. The maximum atomic E-state index is 4.18. The molecule has 2 N–H and O–H groups in total. The molecular weight excluding hydrogens is 268 g/mol. The number of nitrogens with one attached hydrogen (secondary N) is 2. The quantitative estimate of drug-likeness (QED) is 0.430. The lowest BCUT2D eigenvalue weighted by Gasteiger charge is -2.29. The number of allylic oxidation sites excluding steroid dienone is 2. The molecule has 0 aromatic carbocycles. The van der Waals surface area contributed by atoms with Crippen LogP contribution in [0.4, 0.5) is 0 Å². The molecule has 0 aliphatic carbocycles. The highest BCUT2D eigenvalue weighted by Crippen LogP contribution is 2.29. The lowest BCUT2D eigenvalue weighted by molar-refractivity contribution is 0.289. The average Bonchev–Trinajstić information content (AvgIpc) is 2.42. The Bertz CT molecular complexity index is 419. The molecule has 0 aromatic rings. The molecule has 0 saturated carbocycles. The number of unbranched alkanes of at least 4 members (excludes halogenated alkanes) is 1. The minimum atomic E-state index is 0.256. The van der Waals surface area contributed by atoms with Crippen LogP contribution >= 0.6 is 0 Å². The lowest BCUT2D eigenvalue weighted by atomic mass is 9.80. The summed E-state index contributed by atoms with van der Waals surface area (Å²) in [5, 5.41) is 6.88. The van der Waals surface area contributed by atoms with Gasteiger partial charge in [0.2, 0.25) is 0 Å². The van der Waals surface area contributed by atoms with Crippen LogP contribution in [-0.4, -0.2) is 12.6 Å². The van der Waals surface area contributed by atoms with Crippen LogP contribution in [0.25, 0.3) is 0 Å². The van der Waals surface area contributed by atoms with Crippen molar-refractivity contribution < 1.29 is 0 Å². The van der Waals surface area contributed by atoms with Gasteiger partial charge in [-0.1, -0.05) is 47.4 Å². The molecule has 0 aromatic heterocycles. The van der Waals surface area contributed by atoms with Gasteiger partial charge in [-0.05, 0) is 44.1 Å². The first-order valence-corrected chi connectivity index (χ1v) is 8.30. The van der Waals surface area contributed by atoms with Gasteiger partial charge in [0.15, 0.2) is 0 Å². The van der Waals surface area contributed by atoms with Crippen molar-refractivity contribution >= 4 is 0 Å². The van der Waals surface area contributed by atoms with Crippen molar-refractivity contribution in [1.29, 1.82) is 0 Å². The van der Waals surface area contributed by atoms with E-state index in [-0.39, 0.29) is 5.41 Å². The van der Waals surface area contributed by atoms with Crippen molar-refractivity contribution in [2.45, 2.75) is 66.8 Å². The van der Waals surface area contributed by atoms with E-state index in [0.717, 1.165) is 42.8 Å². The fraction of sp³-hybridized carbons (Fsp3) is 0.650. The fourth-order valence-electron chi connectivity index (χ4n) is 2.22. The third-order valence-electron chi connectivity index (χ3n) is 4.32. The summed E-state index contributed by atoms with van der Waals surface area (Å²) in [6.07, 6.45) is 3.35. The maximum Gasteiger partial charge on any atom is 0.0541 e. The zero-order valence-corrected chi connectivity index (χ0v) is 15.6. The van der Waals surface area contributed by atoms with Crippen molar-refractivity contribution in [3.63, 3.8) is 0 Å². The molecule has 0 amide bonds. The highest BCUT2D eigenvalue weighted by atomic mass is 14.9. The van der Waals surface area contributed by atoms with Crippen molar-refractivity contribution in [1.82, 2.24) is 10.6 Å². The van der Waals surface area contributed by atoms with E-state index in [1.165, 1.54) is 0 Å². The molecule has 0 heterocycles. The molecule has 0 radical (unpaired) electrons. The van der Waals surface area contributed by atoms with Crippen LogP contribution in [0.1, 0.15) is 60.8 Å². The van der Waals surface area contributed by atoms with Gasteiger partial charge in [0.05, 0.1) is 6.04 Å². The summed E-state index contributed by atoms with van der Waals surface area (Å²) in [5.74, 6) is 0.469. The smallest absolute Gasteiger partial charge is 0.0541 e. The Labute approximate surface area is 138 Å². The summed E-state index contributed by atoms with van der Waals surface area (Å²) >= 11 is 0. The molecule has 22 heavy (non-hydrogen) atoms. The second-order valence-electron chi connectivity index (χ2n) is 7.37. The van der Waals surface area contributed by atoms with E-state index in [4.69, 9.17) is 0 Å². The van der Waals surface area contributed by atoms with Gasteiger partial charge in [-0.3, -0.25) is 0 Å². The highest BCUT2D eigenvalue weighted by molar-refractivity contribution is 5.09. The first kappa shape index (κ1) is 20.6. The molecule has 2 nitrogen and oxygen atoms in total. The van der Waals surface area contributed by atoms with E-state index < -0.39 is 0 Å².